The Morgan fingerprint density at radius 1 is 1.56 bits per heavy atom. The molecule has 0 saturated heterocycles. The van der Waals surface area contributed by atoms with E-state index in [4.69, 9.17) is 14.9 Å². The lowest BCUT2D eigenvalue weighted by atomic mass is 10.0. The highest BCUT2D eigenvalue weighted by Crippen LogP contribution is 2.32. The van der Waals surface area contributed by atoms with Crippen molar-refractivity contribution in [1.29, 1.82) is 0 Å². The van der Waals surface area contributed by atoms with Crippen molar-refractivity contribution in [3.63, 3.8) is 0 Å². The molecule has 1 heterocycles. The van der Waals surface area contributed by atoms with Crippen molar-refractivity contribution < 1.29 is 9.15 Å². The smallest absolute Gasteiger partial charge is 0.117 e. The molecule has 0 bridgehead atoms. The molecule has 4 nitrogen and oxygen atoms in total. The lowest BCUT2D eigenvalue weighted by Crippen LogP contribution is -2.46. The first-order valence-corrected chi connectivity index (χ1v) is 6.73. The van der Waals surface area contributed by atoms with Gasteiger partial charge >= 0.3 is 0 Å². The zero-order valence-electron chi connectivity index (χ0n) is 11.3. The Balaban J connectivity index is 2.02. The second kappa shape index (κ2) is 6.36. The van der Waals surface area contributed by atoms with Crippen molar-refractivity contribution in [2.24, 2.45) is 11.7 Å². The maximum atomic E-state index is 5.97. The van der Waals surface area contributed by atoms with E-state index in [1.54, 1.807) is 13.4 Å². The first-order chi connectivity index (χ1) is 8.76. The predicted molar refractivity (Wildman–Crippen MR) is 71.2 cm³/mol. The highest BCUT2D eigenvalue weighted by Gasteiger charge is 2.36. The van der Waals surface area contributed by atoms with Crippen LogP contribution in [0.2, 0.25) is 0 Å². The standard InChI is InChI=1S/C14H24N2O2/c1-11(10-17-2)14(8-15)16(12-5-6-12)9-13-4-3-7-18-13/h3-4,7,11-12,14H,5-6,8-10,15H2,1-2H3. The van der Waals surface area contributed by atoms with E-state index in [-0.39, 0.29) is 0 Å². The molecule has 0 spiro atoms. The Morgan fingerprint density at radius 2 is 2.33 bits per heavy atom. The molecule has 0 radical (unpaired) electrons. The van der Waals surface area contributed by atoms with Crippen molar-refractivity contribution in [1.82, 2.24) is 4.90 Å². The van der Waals surface area contributed by atoms with E-state index in [1.165, 1.54) is 12.8 Å². The van der Waals surface area contributed by atoms with Crippen LogP contribution in [-0.2, 0) is 11.3 Å². The monoisotopic (exact) mass is 252 g/mol. The third kappa shape index (κ3) is 3.34. The minimum absolute atomic E-state index is 0.363. The molecule has 0 aromatic carbocycles. The van der Waals surface area contributed by atoms with Crippen LogP contribution in [0.25, 0.3) is 0 Å². The van der Waals surface area contributed by atoms with Crippen LogP contribution in [-0.4, -0.2) is 37.2 Å². The molecule has 1 saturated carbocycles. The number of nitrogens with zero attached hydrogens (tertiary/aromatic N) is 1. The quantitative estimate of drug-likeness (QED) is 0.767. The van der Waals surface area contributed by atoms with Crippen LogP contribution in [0.3, 0.4) is 0 Å². The van der Waals surface area contributed by atoms with Gasteiger partial charge in [-0.05, 0) is 30.9 Å². The van der Waals surface area contributed by atoms with Crippen LogP contribution in [0, 0.1) is 5.92 Å². The minimum atomic E-state index is 0.363. The van der Waals surface area contributed by atoms with Gasteiger partial charge in [-0.25, -0.2) is 0 Å². The third-order valence-electron chi connectivity index (χ3n) is 3.69. The molecule has 1 aromatic heterocycles. The van der Waals surface area contributed by atoms with Crippen molar-refractivity contribution in [2.45, 2.75) is 38.4 Å². The van der Waals surface area contributed by atoms with Gasteiger partial charge in [-0.2, -0.15) is 0 Å². The highest BCUT2D eigenvalue weighted by atomic mass is 16.5. The van der Waals surface area contributed by atoms with Gasteiger partial charge in [-0.1, -0.05) is 6.92 Å². The van der Waals surface area contributed by atoms with Crippen molar-refractivity contribution >= 4 is 0 Å². The molecule has 1 aliphatic carbocycles. The third-order valence-corrected chi connectivity index (χ3v) is 3.69. The lowest BCUT2D eigenvalue weighted by molar-refractivity contribution is 0.0716. The molecule has 1 aromatic rings. The number of methoxy groups -OCH3 is 1. The topological polar surface area (TPSA) is 51.6 Å². The van der Waals surface area contributed by atoms with E-state index in [9.17, 15) is 0 Å². The van der Waals surface area contributed by atoms with Crippen LogP contribution in [0.4, 0.5) is 0 Å². The van der Waals surface area contributed by atoms with Crippen LogP contribution < -0.4 is 5.73 Å². The van der Waals surface area contributed by atoms with Gasteiger partial charge in [-0.3, -0.25) is 4.90 Å². The average molecular weight is 252 g/mol. The summed E-state index contributed by atoms with van der Waals surface area (Å²) in [6.45, 7) is 4.48. The number of nitrogens with two attached hydrogens (primary N) is 1. The molecule has 0 amide bonds. The van der Waals surface area contributed by atoms with Gasteiger partial charge in [0, 0.05) is 25.7 Å². The SMILES string of the molecule is COCC(C)C(CN)N(Cc1ccco1)C1CC1. The molecule has 2 atom stereocenters. The Labute approximate surface area is 109 Å². The first kappa shape index (κ1) is 13.6. The summed E-state index contributed by atoms with van der Waals surface area (Å²) in [5.41, 5.74) is 5.97. The zero-order valence-corrected chi connectivity index (χ0v) is 11.3. The molecule has 2 N–H and O–H groups in total. The molecular formula is C14H24N2O2. The maximum Gasteiger partial charge on any atom is 0.117 e. The van der Waals surface area contributed by atoms with Crippen LogP contribution >= 0.6 is 0 Å². The number of hydrogen-bond donors (Lipinski definition) is 1. The molecule has 1 aliphatic rings. The van der Waals surface area contributed by atoms with Crippen molar-refractivity contribution in [2.75, 3.05) is 20.3 Å². The largest absolute Gasteiger partial charge is 0.468 e. The Bertz CT molecular complexity index is 336. The highest BCUT2D eigenvalue weighted by molar-refractivity contribution is 5.01. The second-order valence-corrected chi connectivity index (χ2v) is 5.22. The lowest BCUT2D eigenvalue weighted by Gasteiger charge is -2.34. The maximum absolute atomic E-state index is 5.97. The van der Waals surface area contributed by atoms with E-state index in [0.29, 0.717) is 24.5 Å². The Morgan fingerprint density at radius 3 is 2.83 bits per heavy atom. The minimum Gasteiger partial charge on any atom is -0.468 e. The molecule has 18 heavy (non-hydrogen) atoms. The summed E-state index contributed by atoms with van der Waals surface area (Å²) in [7, 11) is 1.75. The van der Waals surface area contributed by atoms with Crippen LogP contribution in [0.15, 0.2) is 22.8 Å². The average Bonchev–Trinajstić information content (AvgIpc) is 3.08. The van der Waals surface area contributed by atoms with Crippen molar-refractivity contribution in [3.8, 4) is 0 Å². The van der Waals surface area contributed by atoms with Gasteiger partial charge in [0.05, 0.1) is 19.4 Å². The Kier molecular flexibility index (Phi) is 4.80. The fourth-order valence-corrected chi connectivity index (χ4v) is 2.57. The number of ether oxygens (including phenoxy) is 1. The predicted octanol–water partition coefficient (Wildman–Crippen LogP) is 1.85. The van der Waals surface area contributed by atoms with E-state index in [2.05, 4.69) is 11.8 Å². The van der Waals surface area contributed by atoms with Gasteiger partial charge in [0.1, 0.15) is 5.76 Å². The number of furan rings is 1. The molecule has 2 unspecified atom stereocenters. The fourth-order valence-electron chi connectivity index (χ4n) is 2.57. The number of hydrogen-bond acceptors (Lipinski definition) is 4. The van der Waals surface area contributed by atoms with Gasteiger partial charge in [0.15, 0.2) is 0 Å². The van der Waals surface area contributed by atoms with Gasteiger partial charge < -0.3 is 14.9 Å². The first-order valence-electron chi connectivity index (χ1n) is 6.73. The van der Waals surface area contributed by atoms with E-state index >= 15 is 0 Å². The molecule has 2 rings (SSSR count). The van der Waals surface area contributed by atoms with E-state index in [0.717, 1.165) is 18.9 Å². The fraction of sp³-hybridized carbons (Fsp3) is 0.714. The summed E-state index contributed by atoms with van der Waals surface area (Å²) >= 11 is 0. The molecule has 4 heteroatoms. The summed E-state index contributed by atoms with van der Waals surface area (Å²) in [4.78, 5) is 2.49. The second-order valence-electron chi connectivity index (χ2n) is 5.22. The molecule has 1 fully saturated rings. The molecule has 0 aliphatic heterocycles. The van der Waals surface area contributed by atoms with E-state index < -0.39 is 0 Å². The van der Waals surface area contributed by atoms with Crippen molar-refractivity contribution in [3.05, 3.63) is 24.2 Å². The normalized spacial score (nSPS) is 19.1. The number of rotatable bonds is 8. The summed E-state index contributed by atoms with van der Waals surface area (Å²) < 4.78 is 10.7. The van der Waals surface area contributed by atoms with E-state index in [1.807, 2.05) is 12.1 Å². The van der Waals surface area contributed by atoms with Crippen LogP contribution in [0.5, 0.6) is 0 Å². The van der Waals surface area contributed by atoms with Crippen LogP contribution in [0.1, 0.15) is 25.5 Å². The van der Waals surface area contributed by atoms with Gasteiger partial charge in [-0.15, -0.1) is 0 Å². The zero-order chi connectivity index (χ0) is 13.0. The molecule has 102 valence electrons. The Hall–Kier alpha value is -0.840. The van der Waals surface area contributed by atoms with Gasteiger partial charge in [0.2, 0.25) is 0 Å². The van der Waals surface area contributed by atoms with Gasteiger partial charge in [0.25, 0.3) is 0 Å². The summed E-state index contributed by atoms with van der Waals surface area (Å²) in [5, 5.41) is 0. The summed E-state index contributed by atoms with van der Waals surface area (Å²) in [6.07, 6.45) is 4.28. The summed E-state index contributed by atoms with van der Waals surface area (Å²) in [5.74, 6) is 1.46. The summed E-state index contributed by atoms with van der Waals surface area (Å²) in [6, 6.07) is 5.01. The molecular weight excluding hydrogens is 228 g/mol.